The van der Waals surface area contributed by atoms with Crippen LogP contribution in [0.3, 0.4) is 0 Å². The second-order valence-electron chi connectivity index (χ2n) is 4.79. The fourth-order valence-electron chi connectivity index (χ4n) is 2.91. The number of hydrogen-bond acceptors (Lipinski definition) is 1. The summed E-state index contributed by atoms with van der Waals surface area (Å²) in [5.74, 6) is 0.375. The van der Waals surface area contributed by atoms with Gasteiger partial charge in [-0.15, -0.1) is 0 Å². The lowest BCUT2D eigenvalue weighted by Crippen LogP contribution is -2.37. The van der Waals surface area contributed by atoms with Crippen LogP contribution in [0, 0.1) is 5.92 Å². The molecule has 0 aliphatic heterocycles. The first-order chi connectivity index (χ1) is 7.66. The minimum absolute atomic E-state index is 0.375. The topological polar surface area (TPSA) is 20.2 Å². The highest BCUT2D eigenvalue weighted by molar-refractivity contribution is 6.30. The summed E-state index contributed by atoms with van der Waals surface area (Å²) < 4.78 is 0. The molecule has 2 unspecified atom stereocenters. The third-order valence-electron chi connectivity index (χ3n) is 3.85. The predicted molar refractivity (Wildman–Crippen MR) is 67.6 cm³/mol. The van der Waals surface area contributed by atoms with Crippen LogP contribution in [-0.4, -0.2) is 5.11 Å². The van der Waals surface area contributed by atoms with Crippen molar-refractivity contribution in [3.8, 4) is 0 Å². The standard InChI is InChI=1S/C14H19ClO/c1-2-11-6-3-4-9-14(11,16)12-7-5-8-13(15)10-12/h5,7-8,10-11,16H,2-4,6,9H2,1H3. The smallest absolute Gasteiger partial charge is 0.0924 e. The Hall–Kier alpha value is -0.530. The zero-order valence-corrected chi connectivity index (χ0v) is 10.5. The van der Waals surface area contributed by atoms with E-state index in [1.807, 2.05) is 24.3 Å². The highest BCUT2D eigenvalue weighted by Crippen LogP contribution is 2.43. The first kappa shape index (κ1) is 11.9. The van der Waals surface area contributed by atoms with Gasteiger partial charge in [-0.05, 0) is 36.5 Å². The SMILES string of the molecule is CCC1CCCCC1(O)c1cccc(Cl)c1. The minimum atomic E-state index is -0.655. The summed E-state index contributed by atoms with van der Waals surface area (Å²) in [6.07, 6.45) is 5.37. The summed E-state index contributed by atoms with van der Waals surface area (Å²) >= 11 is 6.01. The molecule has 1 aliphatic rings. The number of rotatable bonds is 2. The summed E-state index contributed by atoms with van der Waals surface area (Å²) in [5.41, 5.74) is 0.337. The average molecular weight is 239 g/mol. The fraction of sp³-hybridized carbons (Fsp3) is 0.571. The molecule has 0 saturated heterocycles. The molecule has 1 N–H and O–H groups in total. The summed E-state index contributed by atoms with van der Waals surface area (Å²) in [7, 11) is 0. The zero-order chi connectivity index (χ0) is 11.6. The van der Waals surface area contributed by atoms with E-state index in [1.165, 1.54) is 6.42 Å². The van der Waals surface area contributed by atoms with Crippen molar-refractivity contribution >= 4 is 11.6 Å². The molecule has 1 nitrogen and oxygen atoms in total. The van der Waals surface area contributed by atoms with Gasteiger partial charge in [0.05, 0.1) is 5.60 Å². The first-order valence-corrected chi connectivity index (χ1v) is 6.53. The van der Waals surface area contributed by atoms with Gasteiger partial charge in [-0.25, -0.2) is 0 Å². The van der Waals surface area contributed by atoms with E-state index in [4.69, 9.17) is 11.6 Å². The van der Waals surface area contributed by atoms with Crippen LogP contribution in [0.15, 0.2) is 24.3 Å². The van der Waals surface area contributed by atoms with Gasteiger partial charge in [-0.2, -0.15) is 0 Å². The molecule has 1 aromatic carbocycles. The van der Waals surface area contributed by atoms with Crippen LogP contribution in [0.4, 0.5) is 0 Å². The molecule has 1 fully saturated rings. The quantitative estimate of drug-likeness (QED) is 0.822. The zero-order valence-electron chi connectivity index (χ0n) is 9.75. The van der Waals surface area contributed by atoms with Crippen LogP contribution in [-0.2, 0) is 5.60 Å². The van der Waals surface area contributed by atoms with E-state index in [9.17, 15) is 5.11 Å². The van der Waals surface area contributed by atoms with Gasteiger partial charge in [-0.1, -0.05) is 49.9 Å². The lowest BCUT2D eigenvalue weighted by atomic mass is 9.70. The third-order valence-corrected chi connectivity index (χ3v) is 4.09. The maximum absolute atomic E-state index is 10.9. The lowest BCUT2D eigenvalue weighted by Gasteiger charge is -2.40. The van der Waals surface area contributed by atoms with Crippen molar-refractivity contribution in [1.82, 2.24) is 0 Å². The molecule has 0 radical (unpaired) electrons. The summed E-state index contributed by atoms with van der Waals surface area (Å²) in [5, 5.41) is 11.6. The van der Waals surface area contributed by atoms with E-state index >= 15 is 0 Å². The Balaban J connectivity index is 2.34. The lowest BCUT2D eigenvalue weighted by molar-refractivity contribution is -0.0557. The second-order valence-corrected chi connectivity index (χ2v) is 5.22. The van der Waals surface area contributed by atoms with Gasteiger partial charge in [-0.3, -0.25) is 0 Å². The third kappa shape index (κ3) is 2.11. The fourth-order valence-corrected chi connectivity index (χ4v) is 3.10. The molecule has 1 aromatic rings. The Labute approximate surface area is 102 Å². The molecule has 0 bridgehead atoms. The highest BCUT2D eigenvalue weighted by Gasteiger charge is 2.39. The Kier molecular flexibility index (Phi) is 3.56. The number of halogens is 1. The van der Waals surface area contributed by atoms with Crippen LogP contribution < -0.4 is 0 Å². The molecule has 0 aromatic heterocycles. The first-order valence-electron chi connectivity index (χ1n) is 6.15. The van der Waals surface area contributed by atoms with Crippen molar-refractivity contribution in [2.45, 2.75) is 44.6 Å². The van der Waals surface area contributed by atoms with Crippen molar-refractivity contribution in [3.63, 3.8) is 0 Å². The van der Waals surface area contributed by atoms with Crippen LogP contribution in [0.2, 0.25) is 5.02 Å². The molecule has 1 aliphatic carbocycles. The van der Waals surface area contributed by atoms with Crippen molar-refractivity contribution in [2.24, 2.45) is 5.92 Å². The van der Waals surface area contributed by atoms with Gasteiger partial charge in [0, 0.05) is 5.02 Å². The molecule has 0 amide bonds. The molecule has 0 spiro atoms. The molecule has 1 saturated carbocycles. The van der Waals surface area contributed by atoms with Crippen molar-refractivity contribution in [1.29, 1.82) is 0 Å². The number of hydrogen-bond donors (Lipinski definition) is 1. The Morgan fingerprint density at radius 1 is 1.44 bits per heavy atom. The van der Waals surface area contributed by atoms with Gasteiger partial charge in [0.2, 0.25) is 0 Å². The molecule has 2 atom stereocenters. The maximum atomic E-state index is 10.9. The summed E-state index contributed by atoms with van der Waals surface area (Å²) in [6, 6.07) is 7.70. The Bertz CT molecular complexity index is 364. The van der Waals surface area contributed by atoms with E-state index in [-0.39, 0.29) is 0 Å². The van der Waals surface area contributed by atoms with Crippen molar-refractivity contribution in [3.05, 3.63) is 34.9 Å². The molecular formula is C14H19ClO. The minimum Gasteiger partial charge on any atom is -0.385 e. The van der Waals surface area contributed by atoms with Gasteiger partial charge in [0.25, 0.3) is 0 Å². The summed E-state index contributed by atoms with van der Waals surface area (Å²) in [4.78, 5) is 0. The van der Waals surface area contributed by atoms with Crippen LogP contribution in [0.5, 0.6) is 0 Å². The van der Waals surface area contributed by atoms with E-state index in [1.54, 1.807) is 0 Å². The van der Waals surface area contributed by atoms with E-state index in [2.05, 4.69) is 6.92 Å². The monoisotopic (exact) mass is 238 g/mol. The van der Waals surface area contributed by atoms with Crippen molar-refractivity contribution < 1.29 is 5.11 Å². The Morgan fingerprint density at radius 2 is 2.25 bits per heavy atom. The van der Waals surface area contributed by atoms with Gasteiger partial charge >= 0.3 is 0 Å². The van der Waals surface area contributed by atoms with Crippen LogP contribution in [0.1, 0.15) is 44.6 Å². The normalized spacial score (nSPS) is 30.3. The molecular weight excluding hydrogens is 220 g/mol. The van der Waals surface area contributed by atoms with Gasteiger partial charge < -0.3 is 5.11 Å². The number of aliphatic hydroxyl groups is 1. The van der Waals surface area contributed by atoms with Gasteiger partial charge in [0.1, 0.15) is 0 Å². The molecule has 0 heterocycles. The predicted octanol–water partition coefficient (Wildman–Crippen LogP) is 4.13. The Morgan fingerprint density at radius 3 is 2.94 bits per heavy atom. The van der Waals surface area contributed by atoms with Crippen molar-refractivity contribution in [2.75, 3.05) is 0 Å². The van der Waals surface area contributed by atoms with Crippen LogP contribution >= 0.6 is 11.6 Å². The second kappa shape index (κ2) is 4.77. The largest absolute Gasteiger partial charge is 0.385 e. The molecule has 88 valence electrons. The average Bonchev–Trinajstić information content (AvgIpc) is 2.30. The van der Waals surface area contributed by atoms with Crippen LogP contribution in [0.25, 0.3) is 0 Å². The summed E-state index contributed by atoms with van der Waals surface area (Å²) in [6.45, 7) is 2.16. The molecule has 2 heteroatoms. The highest BCUT2D eigenvalue weighted by atomic mass is 35.5. The van der Waals surface area contributed by atoms with Gasteiger partial charge in [0.15, 0.2) is 0 Å². The van der Waals surface area contributed by atoms with E-state index in [0.717, 1.165) is 31.2 Å². The van der Waals surface area contributed by atoms with E-state index in [0.29, 0.717) is 10.9 Å². The van der Waals surface area contributed by atoms with E-state index < -0.39 is 5.60 Å². The number of benzene rings is 1. The molecule has 16 heavy (non-hydrogen) atoms. The maximum Gasteiger partial charge on any atom is 0.0924 e. The molecule has 2 rings (SSSR count).